The largest absolute Gasteiger partial charge is 0.394 e. The lowest BCUT2D eigenvalue weighted by Gasteiger charge is -2.12. The van der Waals surface area contributed by atoms with Crippen molar-refractivity contribution in [2.75, 3.05) is 13.7 Å². The second-order valence-corrected chi connectivity index (χ2v) is 5.51. The van der Waals surface area contributed by atoms with Crippen molar-refractivity contribution in [3.63, 3.8) is 0 Å². The SMILES string of the molecule is CN/C=C(/C=C1c2ccccc2CCc2ccccc21)CF. The minimum atomic E-state index is -0.478. The van der Waals surface area contributed by atoms with Crippen molar-refractivity contribution in [2.45, 2.75) is 12.8 Å². The zero-order valence-corrected chi connectivity index (χ0v) is 12.8. The van der Waals surface area contributed by atoms with Crippen LogP contribution < -0.4 is 5.32 Å². The molecule has 0 amide bonds. The molecule has 0 fully saturated rings. The number of allylic oxidation sites excluding steroid dienone is 2. The molecule has 0 heterocycles. The summed E-state index contributed by atoms with van der Waals surface area (Å²) in [5.41, 5.74) is 6.85. The number of benzene rings is 2. The zero-order valence-electron chi connectivity index (χ0n) is 12.8. The smallest absolute Gasteiger partial charge is 0.116 e. The monoisotopic (exact) mass is 293 g/mol. The topological polar surface area (TPSA) is 12.0 Å². The molecule has 2 aromatic carbocycles. The molecule has 3 rings (SSSR count). The van der Waals surface area contributed by atoms with E-state index >= 15 is 0 Å². The van der Waals surface area contributed by atoms with Crippen molar-refractivity contribution in [1.29, 1.82) is 0 Å². The van der Waals surface area contributed by atoms with Gasteiger partial charge < -0.3 is 5.32 Å². The number of fused-ring (bicyclic) bond motifs is 2. The van der Waals surface area contributed by atoms with Crippen LogP contribution in [-0.2, 0) is 12.8 Å². The van der Waals surface area contributed by atoms with Crippen LogP contribution in [0.1, 0.15) is 22.3 Å². The summed E-state index contributed by atoms with van der Waals surface area (Å²) in [7, 11) is 1.79. The molecule has 22 heavy (non-hydrogen) atoms. The summed E-state index contributed by atoms with van der Waals surface area (Å²) in [4.78, 5) is 0. The minimum absolute atomic E-state index is 0.478. The van der Waals surface area contributed by atoms with Crippen LogP contribution in [0.4, 0.5) is 4.39 Å². The molecule has 2 aromatic rings. The second-order valence-electron chi connectivity index (χ2n) is 5.51. The highest BCUT2D eigenvalue weighted by Crippen LogP contribution is 2.34. The van der Waals surface area contributed by atoms with Crippen molar-refractivity contribution in [3.8, 4) is 0 Å². The van der Waals surface area contributed by atoms with Gasteiger partial charge in [-0.1, -0.05) is 48.5 Å². The van der Waals surface area contributed by atoms with Crippen molar-refractivity contribution in [1.82, 2.24) is 5.32 Å². The van der Waals surface area contributed by atoms with Gasteiger partial charge in [0.1, 0.15) is 6.67 Å². The molecule has 0 radical (unpaired) electrons. The van der Waals surface area contributed by atoms with Crippen molar-refractivity contribution < 1.29 is 4.39 Å². The maximum atomic E-state index is 13.3. The van der Waals surface area contributed by atoms with Gasteiger partial charge in [0.2, 0.25) is 0 Å². The number of hydrogen-bond acceptors (Lipinski definition) is 1. The van der Waals surface area contributed by atoms with Gasteiger partial charge in [0.25, 0.3) is 0 Å². The van der Waals surface area contributed by atoms with E-state index in [-0.39, 0.29) is 0 Å². The first-order valence-electron chi connectivity index (χ1n) is 7.64. The molecule has 0 atom stereocenters. The third-order valence-electron chi connectivity index (χ3n) is 4.09. The molecule has 1 N–H and O–H groups in total. The molecule has 0 aliphatic heterocycles. The summed E-state index contributed by atoms with van der Waals surface area (Å²) in [6.45, 7) is -0.478. The third kappa shape index (κ3) is 2.82. The van der Waals surface area contributed by atoms with Crippen LogP contribution in [0.25, 0.3) is 5.57 Å². The molecular weight excluding hydrogens is 273 g/mol. The maximum Gasteiger partial charge on any atom is 0.116 e. The number of hydrogen-bond donors (Lipinski definition) is 1. The lowest BCUT2D eigenvalue weighted by atomic mass is 9.92. The fourth-order valence-electron chi connectivity index (χ4n) is 3.06. The van der Waals surface area contributed by atoms with Crippen molar-refractivity contribution in [3.05, 3.63) is 88.6 Å². The molecule has 0 spiro atoms. The van der Waals surface area contributed by atoms with E-state index in [1.807, 2.05) is 6.08 Å². The predicted molar refractivity (Wildman–Crippen MR) is 90.5 cm³/mol. The van der Waals surface area contributed by atoms with E-state index < -0.39 is 6.67 Å². The quantitative estimate of drug-likeness (QED) is 0.890. The lowest BCUT2D eigenvalue weighted by Crippen LogP contribution is -1.99. The molecular formula is C20H20FN. The molecule has 1 aliphatic carbocycles. The van der Waals surface area contributed by atoms with Gasteiger partial charge >= 0.3 is 0 Å². The molecule has 0 saturated carbocycles. The maximum absolute atomic E-state index is 13.3. The van der Waals surface area contributed by atoms with Crippen LogP contribution in [-0.4, -0.2) is 13.7 Å². The molecule has 0 bridgehead atoms. The average Bonchev–Trinajstić information content (AvgIpc) is 2.72. The molecule has 1 aliphatic rings. The van der Waals surface area contributed by atoms with Crippen LogP contribution in [0.2, 0.25) is 0 Å². The Morgan fingerprint density at radius 3 is 2.05 bits per heavy atom. The second kappa shape index (κ2) is 6.61. The van der Waals surface area contributed by atoms with Gasteiger partial charge in [-0.05, 0) is 52.3 Å². The predicted octanol–water partition coefficient (Wildman–Crippen LogP) is 4.29. The number of alkyl halides is 1. The highest BCUT2D eigenvalue weighted by atomic mass is 19.1. The van der Waals surface area contributed by atoms with Gasteiger partial charge in [-0.25, -0.2) is 4.39 Å². The Bertz CT molecular complexity index is 678. The van der Waals surface area contributed by atoms with E-state index in [0.29, 0.717) is 5.57 Å². The van der Waals surface area contributed by atoms with Crippen molar-refractivity contribution >= 4 is 5.57 Å². The van der Waals surface area contributed by atoms with E-state index in [9.17, 15) is 4.39 Å². The van der Waals surface area contributed by atoms with Gasteiger partial charge in [-0.15, -0.1) is 0 Å². The molecule has 2 heteroatoms. The van der Waals surface area contributed by atoms with Gasteiger partial charge in [-0.2, -0.15) is 0 Å². The molecule has 0 aromatic heterocycles. The first-order chi connectivity index (χ1) is 10.8. The highest BCUT2D eigenvalue weighted by molar-refractivity contribution is 5.85. The number of nitrogens with one attached hydrogen (secondary N) is 1. The molecule has 112 valence electrons. The Morgan fingerprint density at radius 1 is 1.00 bits per heavy atom. The number of aryl methyl sites for hydroxylation is 2. The molecule has 1 nitrogen and oxygen atoms in total. The fraction of sp³-hybridized carbons (Fsp3) is 0.200. The highest BCUT2D eigenvalue weighted by Gasteiger charge is 2.17. The summed E-state index contributed by atoms with van der Waals surface area (Å²) in [6.07, 6.45) is 5.74. The van der Waals surface area contributed by atoms with Crippen molar-refractivity contribution in [2.24, 2.45) is 0 Å². The van der Waals surface area contributed by atoms with E-state index in [1.54, 1.807) is 13.2 Å². The van der Waals surface area contributed by atoms with Gasteiger partial charge in [-0.3, -0.25) is 0 Å². The Kier molecular flexibility index (Phi) is 4.38. The van der Waals surface area contributed by atoms with Crippen LogP contribution in [0.15, 0.2) is 66.4 Å². The van der Waals surface area contributed by atoms with Crippen LogP contribution >= 0.6 is 0 Å². The summed E-state index contributed by atoms with van der Waals surface area (Å²) >= 11 is 0. The number of rotatable bonds is 3. The standard InChI is InChI=1S/C20H20FN/c1-22-14-15(13-21)12-20-18-8-4-2-6-16(18)10-11-17-7-3-5-9-19(17)20/h2-9,12,14,22H,10-11,13H2,1H3/b15-14-. The molecule has 0 saturated heterocycles. The Morgan fingerprint density at radius 2 is 1.55 bits per heavy atom. The van der Waals surface area contributed by atoms with Gasteiger partial charge in [0.15, 0.2) is 0 Å². The van der Waals surface area contributed by atoms with Gasteiger partial charge in [0.05, 0.1) is 0 Å². The normalized spacial score (nSPS) is 13.9. The molecule has 0 unspecified atom stereocenters. The summed E-state index contributed by atoms with van der Waals surface area (Å²) in [5.74, 6) is 0. The zero-order chi connectivity index (χ0) is 15.4. The lowest BCUT2D eigenvalue weighted by molar-refractivity contribution is 0.548. The first kappa shape index (κ1) is 14.6. The summed E-state index contributed by atoms with van der Waals surface area (Å²) in [6, 6.07) is 16.9. The first-order valence-corrected chi connectivity index (χ1v) is 7.64. The van der Waals surface area contributed by atoms with E-state index in [4.69, 9.17) is 0 Å². The fourth-order valence-corrected chi connectivity index (χ4v) is 3.06. The summed E-state index contributed by atoms with van der Waals surface area (Å²) < 4.78 is 13.3. The minimum Gasteiger partial charge on any atom is -0.394 e. The summed E-state index contributed by atoms with van der Waals surface area (Å²) in [5, 5.41) is 2.93. The van der Waals surface area contributed by atoms with Crippen LogP contribution in [0.3, 0.4) is 0 Å². The third-order valence-corrected chi connectivity index (χ3v) is 4.09. The Balaban J connectivity index is 2.22. The van der Waals surface area contributed by atoms with Crippen LogP contribution in [0.5, 0.6) is 0 Å². The Labute approximate surface area is 131 Å². The van der Waals surface area contributed by atoms with Crippen LogP contribution in [0, 0.1) is 0 Å². The van der Waals surface area contributed by atoms with E-state index in [1.165, 1.54) is 22.3 Å². The Hall–Kier alpha value is -2.35. The van der Waals surface area contributed by atoms with E-state index in [0.717, 1.165) is 18.4 Å². The van der Waals surface area contributed by atoms with Gasteiger partial charge in [0, 0.05) is 13.2 Å². The number of halogens is 1. The van der Waals surface area contributed by atoms with E-state index in [2.05, 4.69) is 53.8 Å². The average molecular weight is 293 g/mol.